The Balaban J connectivity index is 1.52. The first-order valence-electron chi connectivity index (χ1n) is 8.01. The van der Waals surface area contributed by atoms with Crippen LogP contribution in [-0.2, 0) is 9.47 Å². The van der Waals surface area contributed by atoms with Crippen LogP contribution in [0.4, 0.5) is 4.79 Å². The lowest BCUT2D eigenvalue weighted by Gasteiger charge is -2.36. The summed E-state index contributed by atoms with van der Waals surface area (Å²) in [4.78, 5) is 25.8. The highest BCUT2D eigenvalue weighted by atomic mass is 35.5. The molecule has 2 saturated heterocycles. The lowest BCUT2D eigenvalue weighted by Crippen LogP contribution is -2.48. The van der Waals surface area contributed by atoms with Crippen molar-refractivity contribution in [1.82, 2.24) is 14.7 Å². The predicted molar refractivity (Wildman–Crippen MR) is 88.9 cm³/mol. The van der Waals surface area contributed by atoms with Crippen molar-refractivity contribution < 1.29 is 19.1 Å². The first-order chi connectivity index (χ1) is 12.1. The largest absolute Gasteiger partial charge is 0.509 e. The Morgan fingerprint density at radius 2 is 2.08 bits per heavy atom. The summed E-state index contributed by atoms with van der Waals surface area (Å²) in [5, 5.41) is 4.57. The number of carbonyl (C=O) groups excluding carboxylic acids is 2. The summed E-state index contributed by atoms with van der Waals surface area (Å²) in [6, 6.07) is 7.06. The lowest BCUT2D eigenvalue weighted by atomic mass is 9.92. The van der Waals surface area contributed by atoms with Crippen LogP contribution in [0.15, 0.2) is 36.7 Å². The maximum absolute atomic E-state index is 12.9. The van der Waals surface area contributed by atoms with Gasteiger partial charge in [-0.25, -0.2) is 9.48 Å². The minimum absolute atomic E-state index is 0.140. The summed E-state index contributed by atoms with van der Waals surface area (Å²) >= 11 is 6.24. The number of hydrogen-bond donors (Lipinski definition) is 0. The van der Waals surface area contributed by atoms with Crippen LogP contribution in [0.1, 0.15) is 23.2 Å². The van der Waals surface area contributed by atoms with Crippen molar-refractivity contribution in [3.05, 3.63) is 47.2 Å². The molecular formula is C17H16ClN3O4. The summed E-state index contributed by atoms with van der Waals surface area (Å²) in [6.07, 6.45) is 3.96. The average molecular weight is 362 g/mol. The number of rotatable bonds is 2. The van der Waals surface area contributed by atoms with Crippen molar-refractivity contribution in [2.45, 2.75) is 18.4 Å². The lowest BCUT2D eigenvalue weighted by molar-refractivity contribution is 0.00282. The summed E-state index contributed by atoms with van der Waals surface area (Å²) in [7, 11) is 0. The Kier molecular flexibility index (Phi) is 3.88. The predicted octanol–water partition coefficient (Wildman–Crippen LogP) is 2.67. The molecule has 2 aliphatic rings. The van der Waals surface area contributed by atoms with Crippen LogP contribution in [0.3, 0.4) is 0 Å². The van der Waals surface area contributed by atoms with Gasteiger partial charge in [-0.15, -0.1) is 0 Å². The summed E-state index contributed by atoms with van der Waals surface area (Å²) in [5.41, 5.74) is 0.615. The summed E-state index contributed by atoms with van der Waals surface area (Å²) < 4.78 is 11.9. The van der Waals surface area contributed by atoms with Crippen LogP contribution >= 0.6 is 11.6 Å². The van der Waals surface area contributed by atoms with Crippen LogP contribution in [0.25, 0.3) is 5.69 Å². The van der Waals surface area contributed by atoms with Gasteiger partial charge in [0.25, 0.3) is 5.91 Å². The second-order valence-corrected chi connectivity index (χ2v) is 6.64. The first-order valence-corrected chi connectivity index (χ1v) is 8.39. The second-order valence-electron chi connectivity index (χ2n) is 6.23. The first kappa shape index (κ1) is 16.0. The number of nitrogens with zero attached hydrogens (tertiary/aromatic N) is 3. The fourth-order valence-electron chi connectivity index (χ4n) is 3.20. The topological polar surface area (TPSA) is 73.7 Å². The van der Waals surface area contributed by atoms with Gasteiger partial charge in [0.15, 0.2) is 5.60 Å². The van der Waals surface area contributed by atoms with Gasteiger partial charge < -0.3 is 14.4 Å². The smallest absolute Gasteiger partial charge is 0.430 e. The quantitative estimate of drug-likeness (QED) is 0.769. The number of piperidine rings is 1. The molecule has 0 N–H and O–H groups in total. The molecule has 0 saturated carbocycles. The molecule has 0 unspecified atom stereocenters. The molecule has 25 heavy (non-hydrogen) atoms. The van der Waals surface area contributed by atoms with E-state index in [2.05, 4.69) is 5.10 Å². The van der Waals surface area contributed by atoms with Crippen molar-refractivity contribution in [1.29, 1.82) is 0 Å². The van der Waals surface area contributed by atoms with Gasteiger partial charge in [0.1, 0.15) is 6.61 Å². The maximum atomic E-state index is 12.9. The van der Waals surface area contributed by atoms with Crippen molar-refractivity contribution in [3.8, 4) is 5.69 Å². The number of cyclic esters (lactones) is 1. The molecule has 130 valence electrons. The number of aromatic nitrogens is 2. The van der Waals surface area contributed by atoms with E-state index in [0.29, 0.717) is 36.5 Å². The molecule has 4 rings (SSSR count). The molecule has 0 radical (unpaired) electrons. The molecule has 3 heterocycles. The molecule has 0 atom stereocenters. The zero-order chi connectivity index (χ0) is 17.4. The van der Waals surface area contributed by atoms with E-state index in [1.54, 1.807) is 34.1 Å². The molecule has 2 aliphatic heterocycles. The van der Waals surface area contributed by atoms with E-state index in [9.17, 15) is 9.59 Å². The number of likely N-dealkylation sites (tertiary alicyclic amines) is 1. The molecular weight excluding hydrogens is 346 g/mol. The minimum Gasteiger partial charge on any atom is -0.430 e. The third kappa shape index (κ3) is 2.95. The molecule has 8 heteroatoms. The number of halogens is 1. The van der Waals surface area contributed by atoms with Gasteiger partial charge >= 0.3 is 6.16 Å². The highest BCUT2D eigenvalue weighted by Gasteiger charge is 2.45. The number of carbonyl (C=O) groups is 2. The zero-order valence-electron chi connectivity index (χ0n) is 13.4. The fourth-order valence-corrected chi connectivity index (χ4v) is 3.40. The van der Waals surface area contributed by atoms with Gasteiger partial charge in [-0.1, -0.05) is 11.6 Å². The molecule has 1 amide bonds. The highest BCUT2D eigenvalue weighted by Crippen LogP contribution is 2.32. The van der Waals surface area contributed by atoms with Crippen molar-refractivity contribution in [2.75, 3.05) is 19.7 Å². The number of ether oxygens (including phenoxy) is 2. The van der Waals surface area contributed by atoms with Crippen molar-refractivity contribution in [2.24, 2.45) is 0 Å². The van der Waals surface area contributed by atoms with Crippen LogP contribution in [0, 0.1) is 0 Å². The van der Waals surface area contributed by atoms with Crippen LogP contribution in [-0.4, -0.2) is 52.0 Å². The molecule has 2 aromatic rings. The fraction of sp³-hybridized carbons (Fsp3) is 0.353. The van der Waals surface area contributed by atoms with Gasteiger partial charge in [-0.05, 0) is 24.3 Å². The molecule has 0 bridgehead atoms. The van der Waals surface area contributed by atoms with E-state index >= 15 is 0 Å². The van der Waals surface area contributed by atoms with Crippen LogP contribution in [0.5, 0.6) is 0 Å². The van der Waals surface area contributed by atoms with E-state index in [4.69, 9.17) is 21.1 Å². The Bertz CT molecular complexity index is 813. The van der Waals surface area contributed by atoms with E-state index < -0.39 is 11.8 Å². The van der Waals surface area contributed by atoms with Crippen LogP contribution in [0.2, 0.25) is 5.02 Å². The van der Waals surface area contributed by atoms with Crippen molar-refractivity contribution in [3.63, 3.8) is 0 Å². The standard InChI is InChI=1S/C17H16ClN3O4/c18-14-3-2-12(21-7-1-6-19-21)10-13(14)15(22)20-8-4-17(5-9-20)11-24-16(23)25-17/h1-3,6-7,10H,4-5,8-9,11H2. The molecule has 1 aromatic carbocycles. The molecule has 1 aromatic heterocycles. The molecule has 0 aliphatic carbocycles. The number of hydrogen-bond acceptors (Lipinski definition) is 5. The zero-order valence-corrected chi connectivity index (χ0v) is 14.1. The third-order valence-corrected chi connectivity index (χ3v) is 4.99. The Hall–Kier alpha value is -2.54. The van der Waals surface area contributed by atoms with Gasteiger partial charge in [-0.2, -0.15) is 5.10 Å². The molecule has 7 nitrogen and oxygen atoms in total. The summed E-state index contributed by atoms with van der Waals surface area (Å²) in [5.74, 6) is -0.140. The van der Waals surface area contributed by atoms with Crippen LogP contribution < -0.4 is 0 Å². The number of amides is 1. The van der Waals surface area contributed by atoms with Gasteiger partial charge in [0, 0.05) is 38.3 Å². The minimum atomic E-state index is -0.630. The maximum Gasteiger partial charge on any atom is 0.509 e. The Morgan fingerprint density at radius 3 is 2.72 bits per heavy atom. The SMILES string of the molecule is O=C1OCC2(CCN(C(=O)c3cc(-n4cccn4)ccc3Cl)CC2)O1. The third-order valence-electron chi connectivity index (χ3n) is 4.66. The average Bonchev–Trinajstić information content (AvgIpc) is 3.26. The summed E-state index contributed by atoms with van der Waals surface area (Å²) in [6.45, 7) is 1.22. The van der Waals surface area contributed by atoms with Gasteiger partial charge in [0.2, 0.25) is 0 Å². The van der Waals surface area contributed by atoms with Gasteiger partial charge in [-0.3, -0.25) is 4.79 Å². The normalized spacial score (nSPS) is 18.9. The second kappa shape index (κ2) is 6.07. The Labute approximate surface area is 149 Å². The van der Waals surface area contributed by atoms with E-state index in [1.165, 1.54) is 0 Å². The highest BCUT2D eigenvalue weighted by molar-refractivity contribution is 6.33. The van der Waals surface area contributed by atoms with E-state index in [0.717, 1.165) is 5.69 Å². The molecule has 1 spiro atoms. The van der Waals surface area contributed by atoms with E-state index in [-0.39, 0.29) is 12.5 Å². The number of benzene rings is 1. The molecule has 2 fully saturated rings. The van der Waals surface area contributed by atoms with Gasteiger partial charge in [0.05, 0.1) is 16.3 Å². The van der Waals surface area contributed by atoms with Crippen molar-refractivity contribution >= 4 is 23.7 Å². The van der Waals surface area contributed by atoms with E-state index in [1.807, 2.05) is 12.1 Å². The monoisotopic (exact) mass is 361 g/mol. The Morgan fingerprint density at radius 1 is 1.28 bits per heavy atom.